The van der Waals surface area contributed by atoms with E-state index < -0.39 is 38.7 Å². The molecule has 0 aliphatic heterocycles. The summed E-state index contributed by atoms with van der Waals surface area (Å²) in [5.74, 6) is 0. The van der Waals surface area contributed by atoms with Gasteiger partial charge < -0.3 is 0 Å². The largest absolute Gasteiger partial charge is 0.297 e. The van der Waals surface area contributed by atoms with E-state index >= 15 is 0 Å². The quantitative estimate of drug-likeness (QED) is 0.459. The first-order valence-corrected chi connectivity index (χ1v) is 5.66. The average Bonchev–Trinajstić information content (AvgIpc) is 2.27. The molecule has 0 saturated heterocycles. The highest BCUT2D eigenvalue weighted by Crippen LogP contribution is 2.19. The second-order valence-electron chi connectivity index (χ2n) is 2.88. The molecule has 94 valence electrons. The van der Waals surface area contributed by atoms with Gasteiger partial charge in [0.1, 0.15) is 11.5 Å². The molecule has 1 aromatic carbocycles. The summed E-state index contributed by atoms with van der Waals surface area (Å²) >= 11 is 0. The van der Waals surface area contributed by atoms with Crippen molar-refractivity contribution in [1.82, 2.24) is 0 Å². The van der Waals surface area contributed by atoms with Crippen LogP contribution in [0.2, 0.25) is 0 Å². The molecule has 1 aromatic rings. The Bertz CT molecular complexity index is 516. The lowest BCUT2D eigenvalue weighted by Crippen LogP contribution is -2.12. The van der Waals surface area contributed by atoms with Crippen LogP contribution in [0.5, 0.6) is 0 Å². The molecule has 0 spiro atoms. The number of hydrogen-bond acceptors (Lipinski definition) is 5. The van der Waals surface area contributed by atoms with Crippen LogP contribution in [0.15, 0.2) is 29.2 Å². The number of halogens is 2. The van der Waals surface area contributed by atoms with Crippen molar-refractivity contribution in [1.29, 1.82) is 0 Å². The maximum atomic E-state index is 11.8. The number of hydrogen-bond donors (Lipinski definition) is 0. The van der Waals surface area contributed by atoms with Crippen molar-refractivity contribution in [3.05, 3.63) is 34.4 Å². The van der Waals surface area contributed by atoms with Gasteiger partial charge in [-0.15, -0.1) is 0 Å². The van der Waals surface area contributed by atoms with Crippen molar-refractivity contribution < 1.29 is 26.3 Å². The summed E-state index contributed by atoms with van der Waals surface area (Å²) in [6.45, 7) is -1.29. The Kier molecular flexibility index (Phi) is 4.07. The van der Waals surface area contributed by atoms with Gasteiger partial charge in [-0.2, -0.15) is 8.42 Å². The van der Waals surface area contributed by atoms with Crippen LogP contribution in [0, 0.1) is 10.1 Å². The van der Waals surface area contributed by atoms with Gasteiger partial charge in [-0.25, -0.2) is 8.78 Å². The lowest BCUT2D eigenvalue weighted by Gasteiger charge is -2.04. The van der Waals surface area contributed by atoms with E-state index in [1.165, 1.54) is 0 Å². The van der Waals surface area contributed by atoms with E-state index in [1.54, 1.807) is 0 Å². The first-order valence-electron chi connectivity index (χ1n) is 4.25. The number of rotatable bonds is 5. The van der Waals surface area contributed by atoms with Crippen LogP contribution in [-0.4, -0.2) is 26.4 Å². The predicted octanol–water partition coefficient (Wildman–Crippen LogP) is 1.57. The van der Waals surface area contributed by atoms with Gasteiger partial charge in [-0.3, -0.25) is 14.3 Å². The highest BCUT2D eigenvalue weighted by Gasteiger charge is 2.20. The first-order chi connectivity index (χ1) is 7.83. The minimum absolute atomic E-state index is 0.466. The zero-order valence-corrected chi connectivity index (χ0v) is 9.06. The molecule has 1 rings (SSSR count). The number of non-ortho nitro benzene ring substituents is 1. The van der Waals surface area contributed by atoms with E-state index in [9.17, 15) is 27.3 Å². The van der Waals surface area contributed by atoms with E-state index in [0.717, 1.165) is 24.3 Å². The lowest BCUT2D eigenvalue weighted by atomic mass is 10.3. The van der Waals surface area contributed by atoms with Crippen LogP contribution in [0.4, 0.5) is 14.5 Å². The molecular formula is C8H7F2NO5S. The molecule has 9 heteroatoms. The number of nitro benzene ring substituents is 1. The van der Waals surface area contributed by atoms with Gasteiger partial charge in [0.25, 0.3) is 22.2 Å². The molecule has 0 aliphatic rings. The zero-order valence-electron chi connectivity index (χ0n) is 8.25. The maximum absolute atomic E-state index is 11.8. The van der Waals surface area contributed by atoms with Crippen LogP contribution < -0.4 is 0 Å². The van der Waals surface area contributed by atoms with Crippen molar-refractivity contribution in [2.45, 2.75) is 11.3 Å². The van der Waals surface area contributed by atoms with Gasteiger partial charge in [-0.1, -0.05) is 6.07 Å². The third-order valence-electron chi connectivity index (χ3n) is 1.67. The fraction of sp³-hybridized carbons (Fsp3) is 0.250. The van der Waals surface area contributed by atoms with Gasteiger partial charge in [-0.05, 0) is 6.07 Å². The molecule has 0 heterocycles. The highest BCUT2D eigenvalue weighted by atomic mass is 32.2. The fourth-order valence-corrected chi connectivity index (χ4v) is 1.89. The normalized spacial score (nSPS) is 11.7. The van der Waals surface area contributed by atoms with Crippen LogP contribution in [-0.2, 0) is 14.3 Å². The molecule has 0 radical (unpaired) electrons. The minimum atomic E-state index is -4.40. The average molecular weight is 267 g/mol. The third kappa shape index (κ3) is 3.71. The number of nitrogens with zero attached hydrogens (tertiary/aromatic N) is 1. The predicted molar refractivity (Wildman–Crippen MR) is 52.2 cm³/mol. The van der Waals surface area contributed by atoms with Gasteiger partial charge in [0.2, 0.25) is 0 Å². The number of alkyl halides is 2. The summed E-state index contributed by atoms with van der Waals surface area (Å²) in [6.07, 6.45) is -2.94. The van der Waals surface area contributed by atoms with Crippen molar-refractivity contribution in [3.8, 4) is 0 Å². The van der Waals surface area contributed by atoms with Gasteiger partial charge in [0.15, 0.2) is 0 Å². The summed E-state index contributed by atoms with van der Waals surface area (Å²) in [5.41, 5.74) is -0.466. The van der Waals surface area contributed by atoms with Crippen molar-refractivity contribution >= 4 is 15.8 Å². The van der Waals surface area contributed by atoms with Gasteiger partial charge in [0, 0.05) is 12.1 Å². The molecule has 0 atom stereocenters. The molecular weight excluding hydrogens is 260 g/mol. The molecule has 17 heavy (non-hydrogen) atoms. The molecule has 0 N–H and O–H groups in total. The van der Waals surface area contributed by atoms with Crippen LogP contribution in [0.25, 0.3) is 0 Å². The van der Waals surface area contributed by atoms with E-state index in [0.29, 0.717) is 0 Å². The Morgan fingerprint density at radius 1 is 1.41 bits per heavy atom. The molecule has 6 nitrogen and oxygen atoms in total. The SMILES string of the molecule is O=[N+]([O-])c1cccc(S(=O)(=O)OCC(F)F)c1. The molecule has 0 aliphatic carbocycles. The summed E-state index contributed by atoms with van der Waals surface area (Å²) in [6, 6.07) is 3.96. The molecule has 0 saturated carbocycles. The second-order valence-corrected chi connectivity index (χ2v) is 4.50. The first kappa shape index (κ1) is 13.5. The van der Waals surface area contributed by atoms with E-state index in [4.69, 9.17) is 0 Å². The van der Waals surface area contributed by atoms with Crippen molar-refractivity contribution in [2.75, 3.05) is 6.61 Å². The summed E-state index contributed by atoms with van der Waals surface area (Å²) < 4.78 is 50.3. The molecule has 0 amide bonds. The molecule has 0 aromatic heterocycles. The topological polar surface area (TPSA) is 86.5 Å². The Hall–Kier alpha value is -1.61. The fourth-order valence-electron chi connectivity index (χ4n) is 0.962. The van der Waals surface area contributed by atoms with Crippen molar-refractivity contribution in [3.63, 3.8) is 0 Å². The van der Waals surface area contributed by atoms with Crippen molar-refractivity contribution in [2.24, 2.45) is 0 Å². The molecule has 0 fully saturated rings. The van der Waals surface area contributed by atoms with E-state index in [2.05, 4.69) is 4.18 Å². The second kappa shape index (κ2) is 5.15. The Morgan fingerprint density at radius 3 is 2.59 bits per heavy atom. The lowest BCUT2D eigenvalue weighted by molar-refractivity contribution is -0.385. The highest BCUT2D eigenvalue weighted by molar-refractivity contribution is 7.86. The molecule has 0 bridgehead atoms. The zero-order chi connectivity index (χ0) is 13.1. The van der Waals surface area contributed by atoms with E-state index in [-0.39, 0.29) is 0 Å². The summed E-state index contributed by atoms with van der Waals surface area (Å²) in [7, 11) is -4.40. The standard InChI is InChI=1S/C8H7F2NO5S/c9-8(10)5-16-17(14,15)7-3-1-2-6(4-7)11(12)13/h1-4,8H,5H2. The number of benzene rings is 1. The van der Waals surface area contributed by atoms with Gasteiger partial charge >= 0.3 is 0 Å². The third-order valence-corrected chi connectivity index (χ3v) is 2.94. The summed E-state index contributed by atoms with van der Waals surface area (Å²) in [5, 5.41) is 10.4. The Balaban J connectivity index is 2.99. The Morgan fingerprint density at radius 2 is 2.06 bits per heavy atom. The van der Waals surface area contributed by atoms with Crippen LogP contribution in [0.3, 0.4) is 0 Å². The number of nitro groups is 1. The smallest absolute Gasteiger partial charge is 0.260 e. The minimum Gasteiger partial charge on any atom is -0.260 e. The van der Waals surface area contributed by atoms with Gasteiger partial charge in [0.05, 0.1) is 4.92 Å². The summed E-state index contributed by atoms with van der Waals surface area (Å²) in [4.78, 5) is 9.06. The molecule has 0 unspecified atom stereocenters. The van der Waals surface area contributed by atoms with Crippen LogP contribution in [0.1, 0.15) is 0 Å². The van der Waals surface area contributed by atoms with E-state index in [1.807, 2.05) is 0 Å². The Labute approximate surface area is 95.1 Å². The monoisotopic (exact) mass is 267 g/mol. The van der Waals surface area contributed by atoms with Crippen LogP contribution >= 0.6 is 0 Å². The maximum Gasteiger partial charge on any atom is 0.297 e.